The van der Waals surface area contributed by atoms with Crippen molar-refractivity contribution < 1.29 is 13.9 Å². The van der Waals surface area contributed by atoms with Crippen LogP contribution in [0.2, 0.25) is 0 Å². The first-order valence-electron chi connectivity index (χ1n) is 6.78. The van der Waals surface area contributed by atoms with Gasteiger partial charge in [-0.05, 0) is 31.9 Å². The summed E-state index contributed by atoms with van der Waals surface area (Å²) in [4.78, 5) is 13.8. The van der Waals surface area contributed by atoms with Gasteiger partial charge in [0.15, 0.2) is 0 Å². The van der Waals surface area contributed by atoms with Crippen LogP contribution in [0.25, 0.3) is 0 Å². The van der Waals surface area contributed by atoms with Gasteiger partial charge in [-0.3, -0.25) is 5.32 Å². The number of hydrogen-bond acceptors (Lipinski definition) is 4. The number of nitrogens with one attached hydrogen (secondary N) is 1. The Morgan fingerprint density at radius 2 is 2.15 bits per heavy atom. The maximum absolute atomic E-state index is 13.8. The lowest BCUT2D eigenvalue weighted by Gasteiger charge is -2.33. The largest absolute Gasteiger partial charge is 0.468 e. The molecule has 4 nitrogen and oxygen atoms in total. The van der Waals surface area contributed by atoms with Crippen molar-refractivity contribution in [3.63, 3.8) is 0 Å². The van der Waals surface area contributed by atoms with Crippen molar-refractivity contribution in [3.8, 4) is 0 Å². The van der Waals surface area contributed by atoms with Crippen LogP contribution in [0.3, 0.4) is 0 Å². The Morgan fingerprint density at radius 1 is 1.50 bits per heavy atom. The number of carbonyl (C=O) groups is 1. The summed E-state index contributed by atoms with van der Waals surface area (Å²) >= 11 is 0. The fourth-order valence-electron chi connectivity index (χ4n) is 2.39. The number of esters is 1. The molecule has 1 saturated carbocycles. The number of carbonyl (C=O) groups excluding carboxylic acids is 1. The SMILES string of the molecule is COC(=O)C(C)(CN(C)c1ccccc1F)NC1CC1. The summed E-state index contributed by atoms with van der Waals surface area (Å²) in [6, 6.07) is 6.89. The van der Waals surface area contributed by atoms with Crippen LogP contribution in [0.1, 0.15) is 19.8 Å². The highest BCUT2D eigenvalue weighted by atomic mass is 19.1. The number of halogens is 1. The van der Waals surface area contributed by atoms with E-state index in [0.717, 1.165) is 12.8 Å². The van der Waals surface area contributed by atoms with Gasteiger partial charge in [0.25, 0.3) is 0 Å². The Bertz CT molecular complexity index is 491. The van der Waals surface area contributed by atoms with Crippen LogP contribution in [0.5, 0.6) is 0 Å². The minimum atomic E-state index is -0.840. The molecule has 1 aliphatic rings. The molecular formula is C15H21FN2O2. The lowest BCUT2D eigenvalue weighted by Crippen LogP contribution is -2.57. The molecule has 0 amide bonds. The molecule has 110 valence electrons. The standard InChI is InChI=1S/C15H21FN2O2/c1-15(14(19)20-3,17-11-8-9-11)10-18(2)13-7-5-4-6-12(13)16/h4-7,11,17H,8-10H2,1-3H3. The van der Waals surface area contributed by atoms with Crippen LogP contribution in [0.4, 0.5) is 10.1 Å². The first kappa shape index (κ1) is 14.8. The topological polar surface area (TPSA) is 41.6 Å². The Morgan fingerprint density at radius 3 is 2.70 bits per heavy atom. The van der Waals surface area contributed by atoms with Crippen LogP contribution in [0.15, 0.2) is 24.3 Å². The number of anilines is 1. The van der Waals surface area contributed by atoms with Gasteiger partial charge < -0.3 is 9.64 Å². The maximum atomic E-state index is 13.8. The molecule has 0 spiro atoms. The van der Waals surface area contributed by atoms with Crippen LogP contribution in [0, 0.1) is 5.82 Å². The second-order valence-electron chi connectivity index (χ2n) is 5.55. The molecule has 0 heterocycles. The molecule has 0 aliphatic heterocycles. The highest BCUT2D eigenvalue weighted by Gasteiger charge is 2.40. The van der Waals surface area contributed by atoms with E-state index in [9.17, 15) is 9.18 Å². The fourth-order valence-corrected chi connectivity index (χ4v) is 2.39. The minimum absolute atomic E-state index is 0.298. The van der Waals surface area contributed by atoms with Crippen molar-refractivity contribution in [1.29, 1.82) is 0 Å². The van der Waals surface area contributed by atoms with Gasteiger partial charge >= 0.3 is 5.97 Å². The maximum Gasteiger partial charge on any atom is 0.327 e. The Kier molecular flexibility index (Phi) is 4.28. The highest BCUT2D eigenvalue weighted by Crippen LogP contribution is 2.25. The van der Waals surface area contributed by atoms with E-state index >= 15 is 0 Å². The second-order valence-corrected chi connectivity index (χ2v) is 5.55. The third kappa shape index (κ3) is 3.28. The molecule has 1 atom stereocenters. The normalized spacial score (nSPS) is 17.4. The van der Waals surface area contributed by atoms with E-state index in [1.165, 1.54) is 13.2 Å². The van der Waals surface area contributed by atoms with Gasteiger partial charge in [-0.2, -0.15) is 0 Å². The quantitative estimate of drug-likeness (QED) is 0.809. The van der Waals surface area contributed by atoms with Gasteiger partial charge in [0, 0.05) is 19.6 Å². The smallest absolute Gasteiger partial charge is 0.327 e. The average molecular weight is 280 g/mol. The Hall–Kier alpha value is -1.62. The number of ether oxygens (including phenoxy) is 1. The Labute approximate surface area is 118 Å². The van der Waals surface area contributed by atoms with E-state index in [1.54, 1.807) is 37.1 Å². The van der Waals surface area contributed by atoms with Crippen molar-refractivity contribution in [3.05, 3.63) is 30.1 Å². The zero-order valence-electron chi connectivity index (χ0n) is 12.1. The number of likely N-dealkylation sites (N-methyl/N-ethyl adjacent to an activating group) is 1. The molecule has 1 unspecified atom stereocenters. The predicted molar refractivity (Wildman–Crippen MR) is 76.2 cm³/mol. The summed E-state index contributed by atoms with van der Waals surface area (Å²) in [5.74, 6) is -0.624. The van der Waals surface area contributed by atoms with E-state index in [0.29, 0.717) is 18.3 Å². The third-order valence-electron chi connectivity index (χ3n) is 3.55. The van der Waals surface area contributed by atoms with E-state index in [2.05, 4.69) is 5.32 Å². The molecule has 1 aromatic carbocycles. The van der Waals surface area contributed by atoms with Crippen LogP contribution in [-0.2, 0) is 9.53 Å². The zero-order chi connectivity index (χ0) is 14.8. The number of rotatable bonds is 6. The van der Waals surface area contributed by atoms with E-state index in [-0.39, 0.29) is 11.8 Å². The zero-order valence-corrected chi connectivity index (χ0v) is 12.1. The fraction of sp³-hybridized carbons (Fsp3) is 0.533. The first-order chi connectivity index (χ1) is 9.46. The first-order valence-corrected chi connectivity index (χ1v) is 6.78. The van der Waals surface area contributed by atoms with E-state index in [4.69, 9.17) is 4.74 Å². The summed E-state index contributed by atoms with van der Waals surface area (Å²) in [6.07, 6.45) is 2.13. The summed E-state index contributed by atoms with van der Waals surface area (Å²) in [7, 11) is 3.15. The number of methoxy groups -OCH3 is 1. The van der Waals surface area contributed by atoms with Crippen molar-refractivity contribution in [2.45, 2.75) is 31.3 Å². The Balaban J connectivity index is 2.14. The molecular weight excluding hydrogens is 259 g/mol. The van der Waals surface area contributed by atoms with Gasteiger partial charge in [-0.1, -0.05) is 12.1 Å². The van der Waals surface area contributed by atoms with Crippen LogP contribution >= 0.6 is 0 Å². The molecule has 0 aromatic heterocycles. The molecule has 1 aromatic rings. The molecule has 1 fully saturated rings. The molecule has 0 radical (unpaired) electrons. The third-order valence-corrected chi connectivity index (χ3v) is 3.55. The van der Waals surface area contributed by atoms with E-state index < -0.39 is 5.54 Å². The average Bonchev–Trinajstić information content (AvgIpc) is 3.21. The van der Waals surface area contributed by atoms with Crippen molar-refractivity contribution in [1.82, 2.24) is 5.32 Å². The molecule has 1 N–H and O–H groups in total. The number of hydrogen-bond donors (Lipinski definition) is 1. The van der Waals surface area contributed by atoms with Gasteiger partial charge in [0.1, 0.15) is 11.4 Å². The number of nitrogens with zero attached hydrogens (tertiary/aromatic N) is 1. The van der Waals surface area contributed by atoms with Gasteiger partial charge in [-0.25, -0.2) is 9.18 Å². The monoisotopic (exact) mass is 280 g/mol. The summed E-state index contributed by atoms with van der Waals surface area (Å²) in [5.41, 5.74) is -0.368. The molecule has 1 aliphatic carbocycles. The number of benzene rings is 1. The number of para-hydroxylation sites is 1. The summed E-state index contributed by atoms with van der Waals surface area (Å²) in [6.45, 7) is 2.14. The lowest BCUT2D eigenvalue weighted by molar-refractivity contribution is -0.147. The summed E-state index contributed by atoms with van der Waals surface area (Å²) < 4.78 is 18.7. The second kappa shape index (κ2) is 5.79. The van der Waals surface area contributed by atoms with Crippen LogP contribution in [-0.4, -0.2) is 38.3 Å². The predicted octanol–water partition coefficient (Wildman–Crippen LogP) is 1.95. The van der Waals surface area contributed by atoms with Gasteiger partial charge in [0.2, 0.25) is 0 Å². The van der Waals surface area contributed by atoms with E-state index in [1.807, 2.05) is 0 Å². The molecule has 5 heteroatoms. The van der Waals surface area contributed by atoms with Crippen molar-refractivity contribution >= 4 is 11.7 Å². The molecule has 0 bridgehead atoms. The van der Waals surface area contributed by atoms with Gasteiger partial charge in [0.05, 0.1) is 12.8 Å². The van der Waals surface area contributed by atoms with Crippen molar-refractivity contribution in [2.24, 2.45) is 0 Å². The molecule has 2 rings (SSSR count). The van der Waals surface area contributed by atoms with Gasteiger partial charge in [-0.15, -0.1) is 0 Å². The van der Waals surface area contributed by atoms with Crippen LogP contribution < -0.4 is 10.2 Å². The minimum Gasteiger partial charge on any atom is -0.468 e. The summed E-state index contributed by atoms with van der Waals surface area (Å²) in [5, 5.41) is 3.30. The van der Waals surface area contributed by atoms with Crippen molar-refractivity contribution in [2.75, 3.05) is 25.6 Å². The molecule has 0 saturated heterocycles. The molecule has 20 heavy (non-hydrogen) atoms. The lowest BCUT2D eigenvalue weighted by atomic mass is 10.0. The highest BCUT2D eigenvalue weighted by molar-refractivity contribution is 5.81.